The summed E-state index contributed by atoms with van der Waals surface area (Å²) in [4.78, 5) is 6.82. The van der Waals surface area contributed by atoms with Crippen LogP contribution in [0.25, 0.3) is 10.9 Å². The van der Waals surface area contributed by atoms with Crippen LogP contribution in [0.1, 0.15) is 6.92 Å². The summed E-state index contributed by atoms with van der Waals surface area (Å²) in [5.41, 5.74) is 13.0. The number of benzene rings is 1. The van der Waals surface area contributed by atoms with Crippen LogP contribution in [0.2, 0.25) is 0 Å². The van der Waals surface area contributed by atoms with Crippen molar-refractivity contribution in [2.24, 2.45) is 11.5 Å². The number of anilines is 1. The molecule has 0 spiro atoms. The van der Waals surface area contributed by atoms with E-state index in [2.05, 4.69) is 22.0 Å². The quantitative estimate of drug-likeness (QED) is 0.512. The number of hydrogen-bond donors (Lipinski definition) is 2. The minimum atomic E-state index is 0.0453. The second-order valence-corrected chi connectivity index (χ2v) is 5.99. The maximum atomic E-state index is 5.84. The van der Waals surface area contributed by atoms with Crippen LogP contribution >= 0.6 is 11.6 Å². The van der Waals surface area contributed by atoms with Crippen LogP contribution in [-0.4, -0.2) is 24.2 Å². The van der Waals surface area contributed by atoms with Crippen LogP contribution in [0.5, 0.6) is 0 Å². The predicted molar refractivity (Wildman–Crippen MR) is 93.8 cm³/mol. The molecule has 2 heterocycles. The number of pyridine rings is 1. The van der Waals surface area contributed by atoms with Crippen LogP contribution in [0.15, 0.2) is 59.1 Å². The second kappa shape index (κ2) is 6.38. The Morgan fingerprint density at radius 3 is 2.74 bits per heavy atom. The lowest BCUT2D eigenvalue weighted by atomic mass is 10.1. The number of halogens is 1. The van der Waals surface area contributed by atoms with Crippen LogP contribution in [-0.2, 0) is 4.74 Å². The van der Waals surface area contributed by atoms with Gasteiger partial charge < -0.3 is 21.1 Å². The fourth-order valence-corrected chi connectivity index (χ4v) is 2.49. The average Bonchev–Trinajstić information content (AvgIpc) is 2.49. The number of rotatable bonds is 4. The Bertz CT molecular complexity index is 777. The summed E-state index contributed by atoms with van der Waals surface area (Å²) in [6.45, 7) is 3.28. The molecule has 5 nitrogen and oxygen atoms in total. The number of allylic oxidation sites excluding steroid dienone is 2. The highest BCUT2D eigenvalue weighted by Gasteiger charge is 2.29. The van der Waals surface area contributed by atoms with Crippen molar-refractivity contribution in [1.82, 2.24) is 4.98 Å². The minimum Gasteiger partial charge on any atom is -0.472 e. The van der Waals surface area contributed by atoms with Gasteiger partial charge >= 0.3 is 0 Å². The maximum absolute atomic E-state index is 5.84. The van der Waals surface area contributed by atoms with Gasteiger partial charge in [-0.15, -0.1) is 0 Å². The van der Waals surface area contributed by atoms with Gasteiger partial charge in [0.05, 0.1) is 18.6 Å². The highest BCUT2D eigenvalue weighted by atomic mass is 35.5. The molecular formula is C17H19ClN4O. The molecule has 120 valence electrons. The predicted octanol–water partition coefficient (Wildman–Crippen LogP) is 2.67. The SMILES string of the molecule is CC(/C=C(\N)OC1CN(c2ccc3ccccc3n2)C1)=C(/N)Cl. The molecule has 2 aromatic rings. The summed E-state index contributed by atoms with van der Waals surface area (Å²) in [7, 11) is 0. The Balaban J connectivity index is 1.61. The zero-order valence-electron chi connectivity index (χ0n) is 12.9. The number of aromatic nitrogens is 1. The Morgan fingerprint density at radius 2 is 2.00 bits per heavy atom. The lowest BCUT2D eigenvalue weighted by Gasteiger charge is -2.39. The first-order valence-electron chi connectivity index (χ1n) is 7.39. The van der Waals surface area contributed by atoms with Crippen LogP contribution in [0, 0.1) is 0 Å². The van der Waals surface area contributed by atoms with Gasteiger partial charge in [0.25, 0.3) is 0 Å². The van der Waals surface area contributed by atoms with Crippen LogP contribution in [0.3, 0.4) is 0 Å². The summed E-state index contributed by atoms with van der Waals surface area (Å²) in [6.07, 6.45) is 1.68. The van der Waals surface area contributed by atoms with Gasteiger partial charge in [0.2, 0.25) is 0 Å². The summed E-state index contributed by atoms with van der Waals surface area (Å²) in [5, 5.41) is 1.35. The molecule has 1 aliphatic heterocycles. The van der Waals surface area contributed by atoms with E-state index < -0.39 is 0 Å². The van der Waals surface area contributed by atoms with Crippen molar-refractivity contribution in [3.05, 3.63) is 59.1 Å². The average molecular weight is 331 g/mol. The lowest BCUT2D eigenvalue weighted by Crippen LogP contribution is -2.52. The molecular weight excluding hydrogens is 312 g/mol. The first-order chi connectivity index (χ1) is 11.0. The van der Waals surface area contributed by atoms with Crippen molar-refractivity contribution in [3.8, 4) is 0 Å². The Kier molecular flexibility index (Phi) is 4.30. The first-order valence-corrected chi connectivity index (χ1v) is 7.77. The molecule has 0 atom stereocenters. The van der Waals surface area contributed by atoms with Gasteiger partial charge in [0, 0.05) is 11.5 Å². The van der Waals surface area contributed by atoms with E-state index in [1.165, 1.54) is 0 Å². The Hall–Kier alpha value is -2.40. The van der Waals surface area contributed by atoms with Gasteiger partial charge in [-0.1, -0.05) is 29.8 Å². The molecule has 0 bridgehead atoms. The van der Waals surface area contributed by atoms with Crippen molar-refractivity contribution in [1.29, 1.82) is 0 Å². The third-order valence-corrected chi connectivity index (χ3v) is 4.09. The number of fused-ring (bicyclic) bond motifs is 1. The number of nitrogens with two attached hydrogens (primary N) is 2. The molecule has 0 amide bonds. The molecule has 1 saturated heterocycles. The number of nitrogens with zero attached hydrogens (tertiary/aromatic N) is 2. The number of ether oxygens (including phenoxy) is 1. The molecule has 4 N–H and O–H groups in total. The van der Waals surface area contributed by atoms with Gasteiger partial charge in [0.15, 0.2) is 5.88 Å². The topological polar surface area (TPSA) is 77.4 Å². The molecule has 0 saturated carbocycles. The molecule has 1 aromatic carbocycles. The van der Waals surface area contributed by atoms with Gasteiger partial charge in [0.1, 0.15) is 17.1 Å². The Labute approximate surface area is 140 Å². The summed E-state index contributed by atoms with van der Waals surface area (Å²) < 4.78 is 5.67. The molecule has 1 aliphatic rings. The normalized spacial score (nSPS) is 17.0. The van der Waals surface area contributed by atoms with Crippen molar-refractivity contribution >= 4 is 28.3 Å². The molecule has 6 heteroatoms. The van der Waals surface area contributed by atoms with E-state index in [0.29, 0.717) is 11.5 Å². The Morgan fingerprint density at radius 1 is 1.26 bits per heavy atom. The number of hydrogen-bond acceptors (Lipinski definition) is 5. The van der Waals surface area contributed by atoms with Crippen LogP contribution in [0.4, 0.5) is 5.82 Å². The second-order valence-electron chi connectivity index (χ2n) is 5.58. The van der Waals surface area contributed by atoms with Crippen molar-refractivity contribution in [2.75, 3.05) is 18.0 Å². The molecule has 3 rings (SSSR count). The smallest absolute Gasteiger partial charge is 0.184 e. The third-order valence-electron chi connectivity index (χ3n) is 3.79. The van der Waals surface area contributed by atoms with E-state index in [-0.39, 0.29) is 11.3 Å². The minimum absolute atomic E-state index is 0.0453. The van der Waals surface area contributed by atoms with E-state index in [0.717, 1.165) is 29.8 Å². The zero-order chi connectivity index (χ0) is 16.4. The van der Waals surface area contributed by atoms with E-state index in [4.69, 9.17) is 27.8 Å². The largest absolute Gasteiger partial charge is 0.472 e. The first kappa shape index (κ1) is 15.5. The molecule has 0 radical (unpaired) electrons. The van der Waals surface area contributed by atoms with E-state index in [1.54, 1.807) is 13.0 Å². The highest BCUT2D eigenvalue weighted by molar-refractivity contribution is 6.29. The fourth-order valence-electron chi connectivity index (χ4n) is 2.44. The van der Waals surface area contributed by atoms with Crippen LogP contribution < -0.4 is 16.4 Å². The summed E-state index contributed by atoms with van der Waals surface area (Å²) in [5.74, 6) is 1.27. The van der Waals surface area contributed by atoms with Gasteiger partial charge in [-0.05, 0) is 30.7 Å². The van der Waals surface area contributed by atoms with Gasteiger partial charge in [-0.2, -0.15) is 0 Å². The third kappa shape index (κ3) is 3.51. The molecule has 1 fully saturated rings. The van der Waals surface area contributed by atoms with E-state index in [1.807, 2.05) is 24.3 Å². The molecule has 1 aromatic heterocycles. The van der Waals surface area contributed by atoms with Crippen molar-refractivity contribution in [3.63, 3.8) is 0 Å². The van der Waals surface area contributed by atoms with Crippen molar-refractivity contribution in [2.45, 2.75) is 13.0 Å². The van der Waals surface area contributed by atoms with E-state index in [9.17, 15) is 0 Å². The molecule has 0 aliphatic carbocycles. The summed E-state index contributed by atoms with van der Waals surface area (Å²) >= 11 is 5.69. The fraction of sp³-hybridized carbons (Fsp3) is 0.235. The number of para-hydroxylation sites is 1. The standard InChI is InChI=1S/C17H19ClN4O/c1-11(17(18)20)8-15(19)23-13-9-22(10-13)16-7-6-12-4-2-3-5-14(12)21-16/h2-8,13H,9-10,19-20H2,1H3/b15-8+,17-11-. The van der Waals surface area contributed by atoms with E-state index >= 15 is 0 Å². The van der Waals surface area contributed by atoms with Crippen molar-refractivity contribution < 1.29 is 4.74 Å². The lowest BCUT2D eigenvalue weighted by molar-refractivity contribution is 0.0884. The van der Waals surface area contributed by atoms with Gasteiger partial charge in [-0.3, -0.25) is 0 Å². The highest BCUT2D eigenvalue weighted by Crippen LogP contribution is 2.24. The molecule has 23 heavy (non-hydrogen) atoms. The monoisotopic (exact) mass is 330 g/mol. The summed E-state index contributed by atoms with van der Waals surface area (Å²) in [6, 6.07) is 12.2. The molecule has 0 unspecified atom stereocenters. The van der Waals surface area contributed by atoms with Gasteiger partial charge in [-0.25, -0.2) is 4.98 Å². The maximum Gasteiger partial charge on any atom is 0.184 e. The zero-order valence-corrected chi connectivity index (χ0v) is 13.6.